The predicted molar refractivity (Wildman–Crippen MR) is 169 cm³/mol. The third kappa shape index (κ3) is 7.58. The summed E-state index contributed by atoms with van der Waals surface area (Å²) in [6, 6.07) is 10.6. The highest BCUT2D eigenvalue weighted by Gasteiger charge is 2.43. The van der Waals surface area contributed by atoms with Crippen molar-refractivity contribution in [3.63, 3.8) is 0 Å². The summed E-state index contributed by atoms with van der Waals surface area (Å²) in [4.78, 5) is 71.3. The van der Waals surface area contributed by atoms with Gasteiger partial charge in [-0.1, -0.05) is 37.6 Å². The molecule has 2 N–H and O–H groups in total. The molecule has 0 unspecified atom stereocenters. The number of nitrogens with one attached hydrogen (secondary N) is 2. The van der Waals surface area contributed by atoms with Gasteiger partial charge in [-0.25, -0.2) is 0 Å². The van der Waals surface area contributed by atoms with Gasteiger partial charge < -0.3 is 30.1 Å². The molecule has 5 rings (SSSR count). The summed E-state index contributed by atoms with van der Waals surface area (Å²) in [5, 5.41) is 6.09. The van der Waals surface area contributed by atoms with Crippen molar-refractivity contribution < 1.29 is 28.7 Å². The molecule has 5 amide bonds. The van der Waals surface area contributed by atoms with Gasteiger partial charge >= 0.3 is 0 Å². The standard InChI is InChI=1S/C33H40ClN5O6/c1-21(2)16-30(41)38-15-7-14-37(33(44)24-8-3-4-9-25(24)34)13-6-5-12-35-31(42)27-18-23(38)19-39(27)32(43)22-10-11-26-28(17-22)45-20-29(40)36-26/h3-4,8-11,17,21,23,27H,5-7,12-16,18-20H2,1-2H3,(H,35,42)(H,36,40)/t23-,27-/m0/s1. The van der Waals surface area contributed by atoms with Crippen LogP contribution in [-0.4, -0.2) is 95.6 Å². The third-order valence-electron chi connectivity index (χ3n) is 8.42. The molecule has 240 valence electrons. The lowest BCUT2D eigenvalue weighted by molar-refractivity contribution is -0.134. The molecule has 12 heteroatoms. The average molecular weight is 638 g/mol. The quantitative estimate of drug-likeness (QED) is 0.528. The van der Waals surface area contributed by atoms with Crippen LogP contribution < -0.4 is 15.4 Å². The molecule has 2 fully saturated rings. The number of carbonyl (C=O) groups is 5. The highest BCUT2D eigenvalue weighted by molar-refractivity contribution is 6.33. The van der Waals surface area contributed by atoms with E-state index in [0.29, 0.717) is 85.9 Å². The Hall–Kier alpha value is -4.12. The molecule has 2 atom stereocenters. The first-order chi connectivity index (χ1) is 21.6. The van der Waals surface area contributed by atoms with Crippen LogP contribution in [-0.2, 0) is 14.4 Å². The van der Waals surface area contributed by atoms with Gasteiger partial charge in [-0.15, -0.1) is 0 Å². The largest absolute Gasteiger partial charge is 0.482 e. The number of halogens is 1. The third-order valence-corrected chi connectivity index (χ3v) is 8.75. The van der Waals surface area contributed by atoms with Crippen molar-refractivity contribution in [3.05, 3.63) is 58.6 Å². The molecule has 45 heavy (non-hydrogen) atoms. The lowest BCUT2D eigenvalue weighted by Gasteiger charge is -2.31. The van der Waals surface area contributed by atoms with Gasteiger partial charge in [0.05, 0.1) is 22.3 Å². The van der Waals surface area contributed by atoms with Crippen LogP contribution >= 0.6 is 11.6 Å². The van der Waals surface area contributed by atoms with Crippen molar-refractivity contribution in [2.75, 3.05) is 44.6 Å². The maximum Gasteiger partial charge on any atom is 0.262 e. The summed E-state index contributed by atoms with van der Waals surface area (Å²) in [6.45, 7) is 5.70. The maximum atomic E-state index is 13.9. The molecule has 2 aromatic rings. The zero-order valence-corrected chi connectivity index (χ0v) is 26.5. The molecule has 2 bridgehead atoms. The van der Waals surface area contributed by atoms with Crippen molar-refractivity contribution in [2.45, 2.75) is 58.0 Å². The van der Waals surface area contributed by atoms with Gasteiger partial charge in [0, 0.05) is 44.7 Å². The second-order valence-corrected chi connectivity index (χ2v) is 12.6. The summed E-state index contributed by atoms with van der Waals surface area (Å²) < 4.78 is 5.52. The fourth-order valence-corrected chi connectivity index (χ4v) is 6.39. The van der Waals surface area contributed by atoms with Gasteiger partial charge in [0.2, 0.25) is 11.8 Å². The Morgan fingerprint density at radius 2 is 1.76 bits per heavy atom. The van der Waals surface area contributed by atoms with Gasteiger partial charge in [-0.3, -0.25) is 24.0 Å². The highest BCUT2D eigenvalue weighted by Crippen LogP contribution is 2.31. The molecule has 2 saturated heterocycles. The van der Waals surface area contributed by atoms with E-state index in [2.05, 4.69) is 10.6 Å². The van der Waals surface area contributed by atoms with E-state index in [4.69, 9.17) is 16.3 Å². The van der Waals surface area contributed by atoms with E-state index in [1.165, 1.54) is 0 Å². The number of ether oxygens (including phenoxy) is 1. The molecule has 0 aromatic heterocycles. The number of likely N-dealkylation sites (tertiary alicyclic amines) is 1. The van der Waals surface area contributed by atoms with E-state index in [9.17, 15) is 24.0 Å². The van der Waals surface area contributed by atoms with E-state index in [1.54, 1.807) is 57.2 Å². The molecule has 0 aliphatic carbocycles. The topological polar surface area (TPSA) is 128 Å². The predicted octanol–water partition coefficient (Wildman–Crippen LogP) is 3.57. The first kappa shape index (κ1) is 32.3. The lowest BCUT2D eigenvalue weighted by Crippen LogP contribution is -2.46. The number of hydrogen-bond donors (Lipinski definition) is 2. The fourth-order valence-electron chi connectivity index (χ4n) is 6.17. The van der Waals surface area contributed by atoms with Crippen LogP contribution in [0.25, 0.3) is 0 Å². The average Bonchev–Trinajstić information content (AvgIpc) is 3.45. The van der Waals surface area contributed by atoms with Gasteiger partial charge in [-0.05, 0) is 61.9 Å². The summed E-state index contributed by atoms with van der Waals surface area (Å²) in [7, 11) is 0. The van der Waals surface area contributed by atoms with E-state index in [1.807, 2.05) is 13.8 Å². The molecular formula is C33H40ClN5O6. The minimum absolute atomic E-state index is 0.0440. The van der Waals surface area contributed by atoms with Crippen LogP contribution in [0.1, 0.15) is 66.7 Å². The van der Waals surface area contributed by atoms with Crippen molar-refractivity contribution in [2.24, 2.45) is 5.92 Å². The minimum Gasteiger partial charge on any atom is -0.482 e. The van der Waals surface area contributed by atoms with Crippen LogP contribution in [0, 0.1) is 5.92 Å². The van der Waals surface area contributed by atoms with E-state index in [-0.39, 0.29) is 54.6 Å². The van der Waals surface area contributed by atoms with Gasteiger partial charge in [-0.2, -0.15) is 0 Å². The van der Waals surface area contributed by atoms with Crippen molar-refractivity contribution in [1.82, 2.24) is 20.0 Å². The minimum atomic E-state index is -0.755. The molecule has 0 spiro atoms. The molecule has 0 saturated carbocycles. The highest BCUT2D eigenvalue weighted by atomic mass is 35.5. The molecular weight excluding hydrogens is 598 g/mol. The first-order valence-electron chi connectivity index (χ1n) is 15.6. The Bertz CT molecular complexity index is 1460. The number of anilines is 1. The Balaban J connectivity index is 1.39. The smallest absolute Gasteiger partial charge is 0.262 e. The molecule has 3 aliphatic heterocycles. The fraction of sp³-hybridized carbons (Fsp3) is 0.485. The Kier molecular flexibility index (Phi) is 10.3. The number of fused-ring (bicyclic) bond motifs is 3. The van der Waals surface area contributed by atoms with Crippen LogP contribution in [0.4, 0.5) is 5.69 Å². The molecule has 3 aliphatic rings. The van der Waals surface area contributed by atoms with Crippen LogP contribution in [0.5, 0.6) is 5.75 Å². The summed E-state index contributed by atoms with van der Waals surface area (Å²) >= 11 is 6.35. The zero-order chi connectivity index (χ0) is 32.1. The van der Waals surface area contributed by atoms with Crippen molar-refractivity contribution in [3.8, 4) is 5.75 Å². The maximum absolute atomic E-state index is 13.9. The summed E-state index contributed by atoms with van der Waals surface area (Å²) in [5.74, 6) is -0.589. The summed E-state index contributed by atoms with van der Waals surface area (Å²) in [5.41, 5.74) is 1.24. The second kappa shape index (κ2) is 14.3. The number of carbonyl (C=O) groups excluding carboxylic acids is 5. The molecule has 11 nitrogen and oxygen atoms in total. The van der Waals surface area contributed by atoms with Crippen LogP contribution in [0.2, 0.25) is 5.02 Å². The van der Waals surface area contributed by atoms with E-state index < -0.39 is 6.04 Å². The number of nitrogens with zero attached hydrogens (tertiary/aromatic N) is 3. The SMILES string of the molecule is CC(C)CC(=O)N1CCCN(C(=O)c2ccccc2Cl)CCCCNC(=O)[C@@H]2C[C@H]1CN2C(=O)c1ccc2c(c1)OCC(=O)N2. The Morgan fingerprint density at radius 1 is 0.978 bits per heavy atom. The summed E-state index contributed by atoms with van der Waals surface area (Å²) in [6.07, 6.45) is 2.48. The van der Waals surface area contributed by atoms with E-state index >= 15 is 0 Å². The van der Waals surface area contributed by atoms with Crippen LogP contribution in [0.3, 0.4) is 0 Å². The molecule has 2 aromatic carbocycles. The molecule has 0 radical (unpaired) electrons. The Morgan fingerprint density at radius 3 is 2.53 bits per heavy atom. The number of benzene rings is 2. The zero-order valence-electron chi connectivity index (χ0n) is 25.7. The monoisotopic (exact) mass is 637 g/mol. The van der Waals surface area contributed by atoms with Gasteiger partial charge in [0.15, 0.2) is 6.61 Å². The first-order valence-corrected chi connectivity index (χ1v) is 16.0. The number of amides is 5. The lowest BCUT2D eigenvalue weighted by atomic mass is 10.1. The number of hydrogen-bond acceptors (Lipinski definition) is 6. The number of rotatable bonds is 4. The second-order valence-electron chi connectivity index (χ2n) is 12.2. The normalized spacial score (nSPS) is 20.9. The Labute approximate surface area is 268 Å². The van der Waals surface area contributed by atoms with Gasteiger partial charge in [0.1, 0.15) is 11.8 Å². The van der Waals surface area contributed by atoms with Crippen molar-refractivity contribution >= 4 is 46.8 Å². The van der Waals surface area contributed by atoms with Crippen molar-refractivity contribution in [1.29, 1.82) is 0 Å². The molecule has 3 heterocycles. The van der Waals surface area contributed by atoms with E-state index in [0.717, 1.165) is 0 Å². The van der Waals surface area contributed by atoms with Crippen LogP contribution in [0.15, 0.2) is 42.5 Å². The van der Waals surface area contributed by atoms with Gasteiger partial charge in [0.25, 0.3) is 17.7 Å².